The number of aryl methyl sites for hydroxylation is 1. The van der Waals surface area contributed by atoms with Crippen molar-refractivity contribution in [2.75, 3.05) is 17.6 Å². The summed E-state index contributed by atoms with van der Waals surface area (Å²) in [6.07, 6.45) is 1.87. The lowest BCUT2D eigenvalue weighted by molar-refractivity contribution is 0.457. The number of nitrogens with one attached hydrogen (secondary N) is 1. The number of nitrogen functional groups attached to an aromatic ring is 1. The van der Waals surface area contributed by atoms with Crippen molar-refractivity contribution in [2.24, 2.45) is 16.7 Å². The summed E-state index contributed by atoms with van der Waals surface area (Å²) in [5.41, 5.74) is 9.83. The fourth-order valence-corrected chi connectivity index (χ4v) is 3.58. The molecule has 3 rings (SSSR count). The van der Waals surface area contributed by atoms with Crippen LogP contribution in [0.5, 0.6) is 0 Å². The van der Waals surface area contributed by atoms with Gasteiger partial charge in [0.2, 0.25) is 0 Å². The predicted octanol–water partition coefficient (Wildman–Crippen LogP) is 4.22. The molecule has 0 amide bonds. The van der Waals surface area contributed by atoms with Crippen LogP contribution in [0, 0.1) is 23.7 Å². The standard InChI is InChI=1S/C18H25N3/c1-11-8-12-13(9-20-11)14(19)6-7-15(12)21-10-16-17(2,3)18(16,4)5/h6-9,16,21H,10,19H2,1-5H3. The highest BCUT2D eigenvalue weighted by Gasteiger charge is 2.64. The predicted molar refractivity (Wildman–Crippen MR) is 90.4 cm³/mol. The third-order valence-electron chi connectivity index (χ3n) is 5.89. The van der Waals surface area contributed by atoms with Gasteiger partial charge in [0.15, 0.2) is 0 Å². The Bertz CT molecular complexity index is 687. The molecule has 112 valence electrons. The molecule has 1 heterocycles. The lowest BCUT2D eigenvalue weighted by Gasteiger charge is -2.12. The van der Waals surface area contributed by atoms with Crippen molar-refractivity contribution in [1.29, 1.82) is 0 Å². The van der Waals surface area contributed by atoms with Crippen LogP contribution in [0.15, 0.2) is 24.4 Å². The second-order valence-corrected chi connectivity index (χ2v) is 7.45. The van der Waals surface area contributed by atoms with E-state index < -0.39 is 0 Å². The van der Waals surface area contributed by atoms with Gasteiger partial charge in [0.1, 0.15) is 0 Å². The Hall–Kier alpha value is -1.77. The highest BCUT2D eigenvalue weighted by atomic mass is 14.9. The summed E-state index contributed by atoms with van der Waals surface area (Å²) < 4.78 is 0. The fraction of sp³-hybridized carbons (Fsp3) is 0.500. The summed E-state index contributed by atoms with van der Waals surface area (Å²) in [6, 6.07) is 6.15. The molecule has 3 nitrogen and oxygen atoms in total. The molecule has 0 saturated heterocycles. The maximum absolute atomic E-state index is 6.06. The first-order valence-electron chi connectivity index (χ1n) is 7.64. The van der Waals surface area contributed by atoms with Crippen LogP contribution in [-0.4, -0.2) is 11.5 Å². The molecule has 1 fully saturated rings. The molecule has 0 bridgehead atoms. The minimum atomic E-state index is 0.404. The Labute approximate surface area is 127 Å². The number of fused-ring (bicyclic) bond motifs is 1. The smallest absolute Gasteiger partial charge is 0.0422 e. The third-order valence-corrected chi connectivity index (χ3v) is 5.89. The number of hydrogen-bond donors (Lipinski definition) is 2. The molecular formula is C18H25N3. The van der Waals surface area contributed by atoms with Gasteiger partial charge in [0.05, 0.1) is 0 Å². The van der Waals surface area contributed by atoms with Gasteiger partial charge < -0.3 is 11.1 Å². The number of rotatable bonds is 3. The average Bonchev–Trinajstić information content (AvgIpc) is 2.79. The average molecular weight is 283 g/mol. The molecule has 1 aliphatic rings. The Kier molecular flexibility index (Phi) is 2.94. The second-order valence-electron chi connectivity index (χ2n) is 7.45. The van der Waals surface area contributed by atoms with Gasteiger partial charge in [-0.1, -0.05) is 27.7 Å². The normalized spacial score (nSPS) is 19.7. The lowest BCUT2D eigenvalue weighted by atomic mass is 10.0. The second kappa shape index (κ2) is 4.36. The number of anilines is 2. The summed E-state index contributed by atoms with van der Waals surface area (Å²) >= 11 is 0. The minimum absolute atomic E-state index is 0.404. The number of nitrogens with zero attached hydrogens (tertiary/aromatic N) is 1. The van der Waals surface area contributed by atoms with Crippen molar-refractivity contribution < 1.29 is 0 Å². The Morgan fingerprint density at radius 1 is 1.14 bits per heavy atom. The summed E-state index contributed by atoms with van der Waals surface area (Å²) in [6.45, 7) is 12.4. The SMILES string of the molecule is Cc1cc2c(NCC3C(C)(C)C3(C)C)ccc(N)c2cn1. The van der Waals surface area contributed by atoms with Crippen LogP contribution < -0.4 is 11.1 Å². The van der Waals surface area contributed by atoms with Crippen LogP contribution in [0.2, 0.25) is 0 Å². The van der Waals surface area contributed by atoms with Crippen LogP contribution in [-0.2, 0) is 0 Å². The van der Waals surface area contributed by atoms with E-state index in [0.29, 0.717) is 16.7 Å². The monoisotopic (exact) mass is 283 g/mol. The van der Waals surface area contributed by atoms with E-state index in [0.717, 1.165) is 29.0 Å². The molecule has 3 heteroatoms. The molecule has 0 radical (unpaired) electrons. The first-order valence-corrected chi connectivity index (χ1v) is 7.64. The Morgan fingerprint density at radius 2 is 1.81 bits per heavy atom. The van der Waals surface area contributed by atoms with E-state index in [9.17, 15) is 0 Å². The molecule has 1 aromatic carbocycles. The quantitative estimate of drug-likeness (QED) is 0.829. The van der Waals surface area contributed by atoms with E-state index in [2.05, 4.69) is 50.1 Å². The third kappa shape index (κ3) is 2.06. The number of aromatic nitrogens is 1. The zero-order chi connectivity index (χ0) is 15.4. The number of hydrogen-bond acceptors (Lipinski definition) is 3. The van der Waals surface area contributed by atoms with Crippen molar-refractivity contribution in [2.45, 2.75) is 34.6 Å². The van der Waals surface area contributed by atoms with Crippen molar-refractivity contribution in [1.82, 2.24) is 4.98 Å². The lowest BCUT2D eigenvalue weighted by Crippen LogP contribution is -2.08. The van der Waals surface area contributed by atoms with E-state index in [-0.39, 0.29) is 0 Å². The van der Waals surface area contributed by atoms with Crippen LogP contribution in [0.1, 0.15) is 33.4 Å². The van der Waals surface area contributed by atoms with Gasteiger partial charge in [0, 0.05) is 40.6 Å². The molecule has 21 heavy (non-hydrogen) atoms. The van der Waals surface area contributed by atoms with Gasteiger partial charge in [-0.2, -0.15) is 0 Å². The number of pyridine rings is 1. The minimum Gasteiger partial charge on any atom is -0.398 e. The highest BCUT2D eigenvalue weighted by Crippen LogP contribution is 2.68. The summed E-state index contributed by atoms with van der Waals surface area (Å²) in [4.78, 5) is 4.36. The molecule has 0 spiro atoms. The van der Waals surface area contributed by atoms with E-state index in [1.165, 1.54) is 5.39 Å². The first-order chi connectivity index (χ1) is 9.75. The van der Waals surface area contributed by atoms with Crippen LogP contribution >= 0.6 is 0 Å². The molecule has 0 unspecified atom stereocenters. The van der Waals surface area contributed by atoms with E-state index in [1.54, 1.807) is 0 Å². The molecule has 1 aromatic heterocycles. The summed E-state index contributed by atoms with van der Waals surface area (Å²) in [5.74, 6) is 0.695. The molecular weight excluding hydrogens is 258 g/mol. The molecule has 2 aromatic rings. The highest BCUT2D eigenvalue weighted by molar-refractivity contribution is 6.00. The summed E-state index contributed by atoms with van der Waals surface area (Å²) in [7, 11) is 0. The zero-order valence-corrected chi connectivity index (χ0v) is 13.6. The van der Waals surface area contributed by atoms with E-state index in [4.69, 9.17) is 5.73 Å². The van der Waals surface area contributed by atoms with E-state index in [1.807, 2.05) is 19.2 Å². The Morgan fingerprint density at radius 3 is 2.43 bits per heavy atom. The first kappa shape index (κ1) is 14.2. The van der Waals surface area contributed by atoms with Gasteiger partial charge in [-0.25, -0.2) is 0 Å². The van der Waals surface area contributed by atoms with Crippen molar-refractivity contribution in [3.8, 4) is 0 Å². The number of benzene rings is 1. The van der Waals surface area contributed by atoms with Gasteiger partial charge in [-0.3, -0.25) is 4.98 Å². The maximum Gasteiger partial charge on any atom is 0.0422 e. The Balaban J connectivity index is 1.89. The zero-order valence-electron chi connectivity index (χ0n) is 13.6. The van der Waals surface area contributed by atoms with Crippen LogP contribution in [0.4, 0.5) is 11.4 Å². The van der Waals surface area contributed by atoms with Crippen molar-refractivity contribution >= 4 is 22.1 Å². The number of nitrogens with two attached hydrogens (primary N) is 1. The van der Waals surface area contributed by atoms with Gasteiger partial charge in [-0.05, 0) is 41.9 Å². The maximum atomic E-state index is 6.06. The molecule has 3 N–H and O–H groups in total. The largest absolute Gasteiger partial charge is 0.398 e. The fourth-order valence-electron chi connectivity index (χ4n) is 3.58. The van der Waals surface area contributed by atoms with E-state index >= 15 is 0 Å². The van der Waals surface area contributed by atoms with Crippen LogP contribution in [0.25, 0.3) is 10.8 Å². The van der Waals surface area contributed by atoms with Gasteiger partial charge in [-0.15, -0.1) is 0 Å². The van der Waals surface area contributed by atoms with Crippen molar-refractivity contribution in [3.05, 3.63) is 30.1 Å². The summed E-state index contributed by atoms with van der Waals surface area (Å²) in [5, 5.41) is 5.83. The van der Waals surface area contributed by atoms with Crippen LogP contribution in [0.3, 0.4) is 0 Å². The van der Waals surface area contributed by atoms with Gasteiger partial charge in [0.25, 0.3) is 0 Å². The molecule has 1 saturated carbocycles. The molecule has 1 aliphatic carbocycles. The molecule has 0 aliphatic heterocycles. The van der Waals surface area contributed by atoms with Gasteiger partial charge >= 0.3 is 0 Å². The van der Waals surface area contributed by atoms with Crippen molar-refractivity contribution in [3.63, 3.8) is 0 Å². The topological polar surface area (TPSA) is 50.9 Å². The molecule has 0 atom stereocenters.